The average Bonchev–Trinajstić information content (AvgIpc) is 2.78. The molecule has 4 aromatic rings. The van der Waals surface area contributed by atoms with E-state index in [4.69, 9.17) is 0 Å². The van der Waals surface area contributed by atoms with Crippen LogP contribution in [0.4, 0.5) is 4.39 Å². The summed E-state index contributed by atoms with van der Waals surface area (Å²) in [5.41, 5.74) is 5.20. The molecule has 0 atom stereocenters. The lowest BCUT2D eigenvalue weighted by Crippen LogP contribution is -2.36. The molecule has 5 rings (SSSR count). The summed E-state index contributed by atoms with van der Waals surface area (Å²) in [6.45, 7) is 1.21. The Kier molecular flexibility index (Phi) is 4.32. The van der Waals surface area contributed by atoms with Crippen molar-refractivity contribution < 1.29 is 9.18 Å². The van der Waals surface area contributed by atoms with Crippen molar-refractivity contribution in [3.05, 3.63) is 101 Å². The van der Waals surface area contributed by atoms with Crippen molar-refractivity contribution >= 4 is 16.8 Å². The smallest absolute Gasteiger partial charge is 0.254 e. The number of aromatic nitrogens is 1. The second kappa shape index (κ2) is 7.13. The van der Waals surface area contributed by atoms with Crippen molar-refractivity contribution in [3.8, 4) is 11.3 Å². The monoisotopic (exact) mass is 382 g/mol. The predicted octanol–water partition coefficient (Wildman–Crippen LogP) is 5.24. The normalized spacial score (nSPS) is 13.3. The Morgan fingerprint density at radius 2 is 1.66 bits per heavy atom. The number of hydrogen-bond donors (Lipinski definition) is 0. The molecule has 0 aliphatic carbocycles. The number of carbonyl (C=O) groups is 1. The van der Waals surface area contributed by atoms with Gasteiger partial charge in [-0.05, 0) is 41.8 Å². The second-order valence-corrected chi connectivity index (χ2v) is 7.33. The van der Waals surface area contributed by atoms with E-state index in [1.54, 1.807) is 12.1 Å². The Labute approximate surface area is 168 Å². The van der Waals surface area contributed by atoms with Crippen molar-refractivity contribution in [1.29, 1.82) is 0 Å². The van der Waals surface area contributed by atoms with Crippen LogP contribution >= 0.6 is 0 Å². The Morgan fingerprint density at radius 1 is 0.897 bits per heavy atom. The standard InChI is InChI=1S/C25H19FN2O/c26-20-10-11-23-21(14-20)22(15-24(27-23)18-7-2-1-3-8-18)25(29)28-13-12-17-6-4-5-9-19(17)16-28/h1-11,14-15H,12-13,16H2. The Balaban J connectivity index is 1.61. The first kappa shape index (κ1) is 17.6. The zero-order valence-electron chi connectivity index (χ0n) is 15.8. The summed E-state index contributed by atoms with van der Waals surface area (Å²) >= 11 is 0. The van der Waals surface area contributed by atoms with E-state index in [9.17, 15) is 9.18 Å². The number of benzene rings is 3. The third-order valence-electron chi connectivity index (χ3n) is 5.49. The lowest BCUT2D eigenvalue weighted by atomic mass is 9.98. The number of nitrogens with zero attached hydrogens (tertiary/aromatic N) is 2. The lowest BCUT2D eigenvalue weighted by Gasteiger charge is -2.29. The summed E-state index contributed by atoms with van der Waals surface area (Å²) in [5, 5.41) is 0.550. The molecule has 3 nitrogen and oxygen atoms in total. The van der Waals surface area contributed by atoms with E-state index in [1.807, 2.05) is 47.4 Å². The van der Waals surface area contributed by atoms with Gasteiger partial charge in [-0.25, -0.2) is 9.37 Å². The molecule has 4 heteroatoms. The maximum Gasteiger partial charge on any atom is 0.254 e. The van der Waals surface area contributed by atoms with Crippen LogP contribution in [0.25, 0.3) is 22.2 Å². The van der Waals surface area contributed by atoms with Crippen LogP contribution < -0.4 is 0 Å². The molecule has 1 amide bonds. The van der Waals surface area contributed by atoms with Crippen LogP contribution in [0.2, 0.25) is 0 Å². The van der Waals surface area contributed by atoms with E-state index < -0.39 is 0 Å². The lowest BCUT2D eigenvalue weighted by molar-refractivity contribution is 0.0736. The van der Waals surface area contributed by atoms with Crippen LogP contribution in [0, 0.1) is 5.82 Å². The zero-order chi connectivity index (χ0) is 19.8. The number of hydrogen-bond acceptors (Lipinski definition) is 2. The molecule has 142 valence electrons. The molecule has 0 N–H and O–H groups in total. The van der Waals surface area contributed by atoms with E-state index in [2.05, 4.69) is 17.1 Å². The van der Waals surface area contributed by atoms with Crippen LogP contribution in [0.3, 0.4) is 0 Å². The highest BCUT2D eigenvalue weighted by molar-refractivity contribution is 6.07. The second-order valence-electron chi connectivity index (χ2n) is 7.33. The Hall–Kier alpha value is -3.53. The third kappa shape index (κ3) is 3.27. The molecule has 0 saturated heterocycles. The molecule has 0 bridgehead atoms. The number of fused-ring (bicyclic) bond motifs is 2. The Morgan fingerprint density at radius 3 is 2.48 bits per heavy atom. The molecular weight excluding hydrogens is 363 g/mol. The van der Waals surface area contributed by atoms with Crippen LogP contribution in [-0.4, -0.2) is 22.3 Å². The summed E-state index contributed by atoms with van der Waals surface area (Å²) in [5.74, 6) is -0.459. The summed E-state index contributed by atoms with van der Waals surface area (Å²) in [7, 11) is 0. The van der Waals surface area contributed by atoms with Gasteiger partial charge < -0.3 is 4.90 Å². The van der Waals surface area contributed by atoms with E-state index in [0.717, 1.165) is 12.0 Å². The SMILES string of the molecule is O=C(c1cc(-c2ccccc2)nc2ccc(F)cc12)N1CCc2ccccc2C1. The van der Waals surface area contributed by atoms with Gasteiger partial charge in [-0.2, -0.15) is 0 Å². The molecular formula is C25H19FN2O. The van der Waals surface area contributed by atoms with Crippen LogP contribution in [0.1, 0.15) is 21.5 Å². The fraction of sp³-hybridized carbons (Fsp3) is 0.120. The minimum Gasteiger partial charge on any atom is -0.334 e. The van der Waals surface area contributed by atoms with Gasteiger partial charge in [0.25, 0.3) is 5.91 Å². The molecule has 1 aliphatic heterocycles. The average molecular weight is 382 g/mol. The van der Waals surface area contributed by atoms with Gasteiger partial charge in [0.1, 0.15) is 5.82 Å². The molecule has 29 heavy (non-hydrogen) atoms. The summed E-state index contributed by atoms with van der Waals surface area (Å²) < 4.78 is 14.0. The van der Waals surface area contributed by atoms with E-state index in [1.165, 1.54) is 23.3 Å². The number of halogens is 1. The maximum atomic E-state index is 14.0. The molecule has 0 saturated carbocycles. The highest BCUT2D eigenvalue weighted by atomic mass is 19.1. The molecule has 0 spiro atoms. The molecule has 1 aromatic heterocycles. The van der Waals surface area contributed by atoms with Gasteiger partial charge in [-0.15, -0.1) is 0 Å². The summed E-state index contributed by atoms with van der Waals surface area (Å²) in [6, 6.07) is 24.2. The van der Waals surface area contributed by atoms with Crippen molar-refractivity contribution in [2.75, 3.05) is 6.54 Å². The largest absolute Gasteiger partial charge is 0.334 e. The first-order chi connectivity index (χ1) is 14.2. The van der Waals surface area contributed by atoms with Gasteiger partial charge in [0, 0.05) is 24.0 Å². The zero-order valence-corrected chi connectivity index (χ0v) is 15.8. The van der Waals surface area contributed by atoms with E-state index >= 15 is 0 Å². The van der Waals surface area contributed by atoms with Crippen molar-refractivity contribution in [3.63, 3.8) is 0 Å². The number of rotatable bonds is 2. The number of amides is 1. The van der Waals surface area contributed by atoms with Gasteiger partial charge in [-0.1, -0.05) is 54.6 Å². The van der Waals surface area contributed by atoms with Crippen molar-refractivity contribution in [2.45, 2.75) is 13.0 Å². The molecule has 0 radical (unpaired) electrons. The van der Waals surface area contributed by atoms with E-state index in [-0.39, 0.29) is 11.7 Å². The first-order valence-corrected chi connectivity index (χ1v) is 9.71. The topological polar surface area (TPSA) is 33.2 Å². The highest BCUT2D eigenvalue weighted by Crippen LogP contribution is 2.28. The minimum atomic E-state index is -0.371. The van der Waals surface area contributed by atoms with Gasteiger partial charge >= 0.3 is 0 Å². The molecule has 3 aromatic carbocycles. The maximum absolute atomic E-state index is 14.0. The molecule has 2 heterocycles. The van der Waals surface area contributed by atoms with Crippen LogP contribution in [-0.2, 0) is 13.0 Å². The summed E-state index contributed by atoms with van der Waals surface area (Å²) in [6.07, 6.45) is 0.824. The first-order valence-electron chi connectivity index (χ1n) is 9.71. The quantitative estimate of drug-likeness (QED) is 0.475. The fourth-order valence-corrected chi connectivity index (χ4v) is 3.97. The minimum absolute atomic E-state index is 0.0883. The Bertz CT molecular complexity index is 1220. The fourth-order valence-electron chi connectivity index (χ4n) is 3.97. The van der Waals surface area contributed by atoms with Gasteiger partial charge in [0.2, 0.25) is 0 Å². The molecule has 0 fully saturated rings. The van der Waals surface area contributed by atoms with Crippen molar-refractivity contribution in [1.82, 2.24) is 9.88 Å². The molecule has 0 unspecified atom stereocenters. The molecule has 1 aliphatic rings. The predicted molar refractivity (Wildman–Crippen MR) is 112 cm³/mol. The van der Waals surface area contributed by atoms with Gasteiger partial charge in [-0.3, -0.25) is 4.79 Å². The van der Waals surface area contributed by atoms with E-state index in [0.29, 0.717) is 35.2 Å². The van der Waals surface area contributed by atoms with Crippen LogP contribution in [0.5, 0.6) is 0 Å². The van der Waals surface area contributed by atoms with Crippen molar-refractivity contribution in [2.24, 2.45) is 0 Å². The van der Waals surface area contributed by atoms with Gasteiger partial charge in [0.15, 0.2) is 0 Å². The summed E-state index contributed by atoms with van der Waals surface area (Å²) in [4.78, 5) is 20.0. The van der Waals surface area contributed by atoms with Gasteiger partial charge in [0.05, 0.1) is 16.8 Å². The van der Waals surface area contributed by atoms with Crippen LogP contribution in [0.15, 0.2) is 78.9 Å². The third-order valence-corrected chi connectivity index (χ3v) is 5.49. The highest BCUT2D eigenvalue weighted by Gasteiger charge is 2.24. The number of pyridine rings is 1. The number of carbonyl (C=O) groups excluding carboxylic acids is 1.